The molecule has 0 saturated carbocycles. The number of aliphatic hydroxyl groups excluding tert-OH is 1. The number of piperidine rings is 1. The number of hydrogen-bond acceptors (Lipinski definition) is 5. The van der Waals surface area contributed by atoms with Gasteiger partial charge in [0.05, 0.1) is 11.0 Å². The van der Waals surface area contributed by atoms with Crippen molar-refractivity contribution in [3.05, 3.63) is 44.5 Å². The molecule has 2 heterocycles. The van der Waals surface area contributed by atoms with E-state index in [0.29, 0.717) is 35.6 Å². The molecule has 8 heteroatoms. The van der Waals surface area contributed by atoms with Crippen molar-refractivity contribution in [2.24, 2.45) is 11.8 Å². The Balaban J connectivity index is 1.87. The van der Waals surface area contributed by atoms with E-state index in [4.69, 9.17) is 0 Å². The summed E-state index contributed by atoms with van der Waals surface area (Å²) in [7, 11) is 3.99. The van der Waals surface area contributed by atoms with Crippen LogP contribution in [0.5, 0.6) is 0 Å². The third kappa shape index (κ3) is 3.86. The predicted octanol–water partition coefficient (Wildman–Crippen LogP) is -0.151. The highest BCUT2D eigenvalue weighted by Gasteiger charge is 2.30. The van der Waals surface area contributed by atoms with Crippen LogP contribution in [-0.2, 0) is 0 Å². The topological polar surface area (TPSA) is 110 Å². The number of aromatic nitrogens is 2. The smallest absolute Gasteiger partial charge is 0.314 e. The summed E-state index contributed by atoms with van der Waals surface area (Å²) in [5, 5.41) is 9.59. The van der Waals surface area contributed by atoms with Gasteiger partial charge in [-0.05, 0) is 50.6 Å². The summed E-state index contributed by atoms with van der Waals surface area (Å²) in [5.41, 5.74) is -0.122. The van der Waals surface area contributed by atoms with E-state index in [1.54, 1.807) is 23.1 Å². The Kier molecular flexibility index (Phi) is 5.24. The van der Waals surface area contributed by atoms with E-state index < -0.39 is 11.1 Å². The lowest BCUT2D eigenvalue weighted by Gasteiger charge is -2.38. The highest BCUT2D eigenvalue weighted by molar-refractivity contribution is 5.97. The zero-order chi connectivity index (χ0) is 18.8. The van der Waals surface area contributed by atoms with Crippen molar-refractivity contribution in [3.8, 4) is 0 Å². The van der Waals surface area contributed by atoms with E-state index in [-0.39, 0.29) is 18.4 Å². The summed E-state index contributed by atoms with van der Waals surface area (Å²) in [6, 6.07) is 4.84. The SMILES string of the molecule is CN(C)C[C@@H]1C[C@H](CO)CN(C(=O)c2ccc3[nH]c(=O)c(=O)[nH]c3c2)C1. The van der Waals surface area contributed by atoms with Crippen molar-refractivity contribution >= 4 is 16.9 Å². The number of amides is 1. The third-order valence-electron chi connectivity index (χ3n) is 4.76. The number of nitrogens with one attached hydrogen (secondary N) is 2. The summed E-state index contributed by atoms with van der Waals surface area (Å²) in [4.78, 5) is 44.7. The molecule has 1 aromatic heterocycles. The first-order valence-electron chi connectivity index (χ1n) is 8.68. The number of carbonyl (C=O) groups excluding carboxylic acids is 1. The van der Waals surface area contributed by atoms with E-state index in [9.17, 15) is 19.5 Å². The molecule has 3 N–H and O–H groups in total. The molecule has 0 bridgehead atoms. The van der Waals surface area contributed by atoms with Crippen molar-refractivity contribution in [1.29, 1.82) is 0 Å². The maximum atomic E-state index is 13.0. The number of benzene rings is 1. The summed E-state index contributed by atoms with van der Waals surface area (Å²) in [6.45, 7) is 2.06. The normalized spacial score (nSPS) is 20.7. The number of aromatic amines is 2. The summed E-state index contributed by atoms with van der Waals surface area (Å²) in [5.74, 6) is 0.228. The van der Waals surface area contributed by atoms with Crippen LogP contribution in [0.4, 0.5) is 0 Å². The van der Waals surface area contributed by atoms with Gasteiger partial charge in [-0.25, -0.2) is 0 Å². The second kappa shape index (κ2) is 7.43. The minimum Gasteiger partial charge on any atom is -0.396 e. The van der Waals surface area contributed by atoms with E-state index in [2.05, 4.69) is 14.9 Å². The monoisotopic (exact) mass is 360 g/mol. The Morgan fingerprint density at radius 3 is 2.46 bits per heavy atom. The molecular weight excluding hydrogens is 336 g/mol. The zero-order valence-corrected chi connectivity index (χ0v) is 15.0. The van der Waals surface area contributed by atoms with Gasteiger partial charge in [0.25, 0.3) is 5.91 Å². The molecule has 0 radical (unpaired) electrons. The molecule has 0 spiro atoms. The van der Waals surface area contributed by atoms with Crippen molar-refractivity contribution in [2.75, 3.05) is 40.3 Å². The quantitative estimate of drug-likeness (QED) is 0.657. The minimum absolute atomic E-state index is 0.0555. The summed E-state index contributed by atoms with van der Waals surface area (Å²) >= 11 is 0. The highest BCUT2D eigenvalue weighted by Crippen LogP contribution is 2.24. The van der Waals surface area contributed by atoms with Crippen LogP contribution in [0.1, 0.15) is 16.8 Å². The van der Waals surface area contributed by atoms with Gasteiger partial charge in [-0.2, -0.15) is 0 Å². The van der Waals surface area contributed by atoms with Crippen molar-refractivity contribution in [1.82, 2.24) is 19.8 Å². The van der Waals surface area contributed by atoms with Gasteiger partial charge < -0.3 is 24.9 Å². The molecule has 1 aliphatic rings. The molecule has 26 heavy (non-hydrogen) atoms. The van der Waals surface area contributed by atoms with Crippen LogP contribution < -0.4 is 11.1 Å². The Bertz CT molecular complexity index is 917. The molecule has 2 atom stereocenters. The van der Waals surface area contributed by atoms with Crippen molar-refractivity contribution in [2.45, 2.75) is 6.42 Å². The molecule has 2 aromatic rings. The lowest BCUT2D eigenvalue weighted by atomic mass is 9.89. The maximum Gasteiger partial charge on any atom is 0.314 e. The van der Waals surface area contributed by atoms with Crippen LogP contribution in [0.25, 0.3) is 11.0 Å². The molecule has 1 saturated heterocycles. The van der Waals surface area contributed by atoms with E-state index in [0.717, 1.165) is 13.0 Å². The average Bonchev–Trinajstić information content (AvgIpc) is 2.60. The summed E-state index contributed by atoms with van der Waals surface area (Å²) in [6.07, 6.45) is 0.894. The molecule has 1 aromatic carbocycles. The van der Waals surface area contributed by atoms with Crippen LogP contribution in [0.15, 0.2) is 27.8 Å². The average molecular weight is 360 g/mol. The number of nitrogens with zero attached hydrogens (tertiary/aromatic N) is 2. The first-order valence-corrected chi connectivity index (χ1v) is 8.68. The second-order valence-corrected chi connectivity index (χ2v) is 7.29. The lowest BCUT2D eigenvalue weighted by molar-refractivity contribution is 0.0478. The minimum atomic E-state index is -0.744. The number of H-pyrrole nitrogens is 2. The van der Waals surface area contributed by atoms with Gasteiger partial charge in [-0.3, -0.25) is 14.4 Å². The maximum absolute atomic E-state index is 13.0. The largest absolute Gasteiger partial charge is 0.396 e. The number of likely N-dealkylation sites (tertiary alicyclic amines) is 1. The van der Waals surface area contributed by atoms with Crippen LogP contribution in [0.3, 0.4) is 0 Å². The van der Waals surface area contributed by atoms with Gasteiger partial charge in [-0.15, -0.1) is 0 Å². The van der Waals surface area contributed by atoms with E-state index >= 15 is 0 Å². The van der Waals surface area contributed by atoms with E-state index in [1.807, 2.05) is 14.1 Å². The Hall–Kier alpha value is -2.45. The third-order valence-corrected chi connectivity index (χ3v) is 4.76. The fourth-order valence-corrected chi connectivity index (χ4v) is 3.70. The standard InChI is InChI=1S/C18H24N4O4/c1-21(2)7-11-5-12(10-23)9-22(8-11)18(26)13-3-4-14-15(6-13)20-17(25)16(24)19-14/h3-4,6,11-12,23H,5,7-10H2,1-2H3,(H,19,24)(H,20,25)/t11-,12-/m0/s1. The predicted molar refractivity (Wildman–Crippen MR) is 98.3 cm³/mol. The van der Waals surface area contributed by atoms with Crippen LogP contribution >= 0.6 is 0 Å². The van der Waals surface area contributed by atoms with Gasteiger partial charge in [-0.1, -0.05) is 0 Å². The Morgan fingerprint density at radius 1 is 1.15 bits per heavy atom. The number of fused-ring (bicyclic) bond motifs is 1. The number of aliphatic hydroxyl groups is 1. The molecule has 0 aliphatic carbocycles. The lowest BCUT2D eigenvalue weighted by Crippen LogP contribution is -2.47. The van der Waals surface area contributed by atoms with Gasteiger partial charge in [0, 0.05) is 31.8 Å². The Morgan fingerprint density at radius 2 is 1.81 bits per heavy atom. The molecule has 1 aliphatic heterocycles. The fraction of sp³-hybridized carbons (Fsp3) is 0.500. The number of hydrogen-bond donors (Lipinski definition) is 3. The molecule has 1 amide bonds. The Labute approximate surface area is 150 Å². The van der Waals surface area contributed by atoms with Gasteiger partial charge in [0.15, 0.2) is 0 Å². The van der Waals surface area contributed by atoms with Crippen LogP contribution in [0.2, 0.25) is 0 Å². The van der Waals surface area contributed by atoms with Gasteiger partial charge >= 0.3 is 11.1 Å². The number of rotatable bonds is 4. The van der Waals surface area contributed by atoms with E-state index in [1.165, 1.54) is 0 Å². The molecular formula is C18H24N4O4. The first-order chi connectivity index (χ1) is 12.4. The summed E-state index contributed by atoms with van der Waals surface area (Å²) < 4.78 is 0. The number of carbonyl (C=O) groups is 1. The van der Waals surface area contributed by atoms with Gasteiger partial charge in [0.2, 0.25) is 0 Å². The second-order valence-electron chi connectivity index (χ2n) is 7.29. The zero-order valence-electron chi connectivity index (χ0n) is 15.0. The van der Waals surface area contributed by atoms with Gasteiger partial charge in [0.1, 0.15) is 0 Å². The fourth-order valence-electron chi connectivity index (χ4n) is 3.70. The highest BCUT2D eigenvalue weighted by atomic mass is 16.3. The molecule has 8 nitrogen and oxygen atoms in total. The molecule has 140 valence electrons. The molecule has 1 fully saturated rings. The van der Waals surface area contributed by atoms with Crippen molar-refractivity contribution in [3.63, 3.8) is 0 Å². The van der Waals surface area contributed by atoms with Crippen LogP contribution in [0, 0.1) is 11.8 Å². The molecule has 0 unspecified atom stereocenters. The molecule has 3 rings (SSSR count). The van der Waals surface area contributed by atoms with Crippen LogP contribution in [-0.4, -0.2) is 71.1 Å². The van der Waals surface area contributed by atoms with Crippen molar-refractivity contribution < 1.29 is 9.90 Å². The first kappa shape index (κ1) is 18.3.